The Hall–Kier alpha value is -0.860. The molecule has 0 amide bonds. The molecular weight excluding hydrogens is 244 g/mol. The topological polar surface area (TPSA) is 29.3 Å². The van der Waals surface area contributed by atoms with E-state index in [-0.39, 0.29) is 6.04 Å². The van der Waals surface area contributed by atoms with E-state index in [4.69, 9.17) is 5.73 Å². The lowest BCUT2D eigenvalue weighted by Gasteiger charge is -2.30. The molecule has 20 heavy (non-hydrogen) atoms. The molecule has 2 heteroatoms. The fourth-order valence-corrected chi connectivity index (χ4v) is 2.64. The molecule has 1 rings (SSSR count). The van der Waals surface area contributed by atoms with Crippen molar-refractivity contribution in [2.45, 2.75) is 66.0 Å². The molecule has 1 atom stereocenters. The van der Waals surface area contributed by atoms with E-state index in [9.17, 15) is 0 Å². The van der Waals surface area contributed by atoms with Crippen LogP contribution in [0.3, 0.4) is 0 Å². The van der Waals surface area contributed by atoms with Crippen LogP contribution in [0.2, 0.25) is 0 Å². The molecule has 0 radical (unpaired) electrons. The number of nitrogens with zero attached hydrogens (tertiary/aromatic N) is 1. The van der Waals surface area contributed by atoms with Gasteiger partial charge in [-0.05, 0) is 51.8 Å². The third-order valence-corrected chi connectivity index (χ3v) is 4.04. The lowest BCUT2D eigenvalue weighted by atomic mass is 9.98. The lowest BCUT2D eigenvalue weighted by molar-refractivity contribution is 0.204. The Morgan fingerprint density at radius 1 is 1.15 bits per heavy atom. The van der Waals surface area contributed by atoms with Gasteiger partial charge in [0.05, 0.1) is 0 Å². The Labute approximate surface area is 125 Å². The first-order valence-corrected chi connectivity index (χ1v) is 8.02. The summed E-state index contributed by atoms with van der Waals surface area (Å²) in [5, 5.41) is 0. The maximum Gasteiger partial charge on any atom is 0.0427 e. The molecule has 0 aromatic heterocycles. The summed E-state index contributed by atoms with van der Waals surface area (Å²) in [6.07, 6.45) is 3.85. The summed E-state index contributed by atoms with van der Waals surface area (Å²) in [5.41, 5.74) is 10.4. The van der Waals surface area contributed by atoms with Crippen LogP contribution in [0.1, 0.15) is 62.8 Å². The summed E-state index contributed by atoms with van der Waals surface area (Å²) >= 11 is 0. The summed E-state index contributed by atoms with van der Waals surface area (Å²) in [6.45, 7) is 13.2. The first-order chi connectivity index (χ1) is 9.45. The van der Waals surface area contributed by atoms with Crippen LogP contribution >= 0.6 is 0 Å². The van der Waals surface area contributed by atoms with Gasteiger partial charge in [-0.3, -0.25) is 4.90 Å². The predicted octanol–water partition coefficient (Wildman–Crippen LogP) is 4.20. The molecule has 0 aliphatic heterocycles. The van der Waals surface area contributed by atoms with Crippen molar-refractivity contribution in [3.63, 3.8) is 0 Å². The van der Waals surface area contributed by atoms with Crippen molar-refractivity contribution in [1.82, 2.24) is 4.90 Å². The number of benzene rings is 1. The van der Waals surface area contributed by atoms with Gasteiger partial charge in [-0.1, -0.05) is 43.5 Å². The second-order valence-corrected chi connectivity index (χ2v) is 6.26. The van der Waals surface area contributed by atoms with Crippen LogP contribution in [-0.2, 0) is 0 Å². The Morgan fingerprint density at radius 3 is 2.45 bits per heavy atom. The van der Waals surface area contributed by atoms with Gasteiger partial charge in [0, 0.05) is 18.6 Å². The molecule has 0 bridgehead atoms. The van der Waals surface area contributed by atoms with Gasteiger partial charge in [0.25, 0.3) is 0 Å². The number of nitrogens with two attached hydrogens (primary N) is 1. The van der Waals surface area contributed by atoms with Gasteiger partial charge in [0.2, 0.25) is 0 Å². The van der Waals surface area contributed by atoms with Crippen LogP contribution in [0.15, 0.2) is 18.2 Å². The van der Waals surface area contributed by atoms with Crippen molar-refractivity contribution in [3.05, 3.63) is 34.9 Å². The van der Waals surface area contributed by atoms with Crippen LogP contribution in [0.25, 0.3) is 0 Å². The number of rotatable bonds is 8. The summed E-state index contributed by atoms with van der Waals surface area (Å²) in [5.74, 6) is 0. The Kier molecular flexibility index (Phi) is 7.25. The Morgan fingerprint density at radius 2 is 1.85 bits per heavy atom. The van der Waals surface area contributed by atoms with Crippen molar-refractivity contribution < 1.29 is 0 Å². The molecule has 0 fully saturated rings. The van der Waals surface area contributed by atoms with Crippen molar-refractivity contribution in [2.24, 2.45) is 5.73 Å². The zero-order chi connectivity index (χ0) is 15.1. The molecule has 0 aliphatic rings. The van der Waals surface area contributed by atoms with Crippen LogP contribution in [0.4, 0.5) is 0 Å². The van der Waals surface area contributed by atoms with Crippen LogP contribution < -0.4 is 5.73 Å². The highest BCUT2D eigenvalue weighted by Gasteiger charge is 2.16. The zero-order valence-electron chi connectivity index (χ0n) is 13.9. The normalized spacial score (nSPS) is 13.2. The monoisotopic (exact) mass is 276 g/mol. The van der Waals surface area contributed by atoms with Crippen molar-refractivity contribution in [1.29, 1.82) is 0 Å². The van der Waals surface area contributed by atoms with E-state index in [1.54, 1.807) is 0 Å². The second-order valence-electron chi connectivity index (χ2n) is 6.26. The largest absolute Gasteiger partial charge is 0.323 e. The van der Waals surface area contributed by atoms with E-state index >= 15 is 0 Å². The van der Waals surface area contributed by atoms with Gasteiger partial charge < -0.3 is 5.73 Å². The highest BCUT2D eigenvalue weighted by molar-refractivity contribution is 5.33. The second kappa shape index (κ2) is 8.43. The Balaban J connectivity index is 2.69. The number of hydrogen-bond acceptors (Lipinski definition) is 2. The first-order valence-electron chi connectivity index (χ1n) is 8.02. The summed E-state index contributed by atoms with van der Waals surface area (Å²) in [4.78, 5) is 2.52. The highest BCUT2D eigenvalue weighted by atomic mass is 15.2. The van der Waals surface area contributed by atoms with E-state index in [2.05, 4.69) is 57.7 Å². The van der Waals surface area contributed by atoms with Crippen molar-refractivity contribution in [3.8, 4) is 0 Å². The average Bonchev–Trinajstić information content (AvgIpc) is 2.40. The average molecular weight is 276 g/mol. The molecule has 2 N–H and O–H groups in total. The molecule has 0 spiro atoms. The van der Waals surface area contributed by atoms with Gasteiger partial charge in [-0.2, -0.15) is 0 Å². The van der Waals surface area contributed by atoms with E-state index < -0.39 is 0 Å². The van der Waals surface area contributed by atoms with Gasteiger partial charge >= 0.3 is 0 Å². The summed E-state index contributed by atoms with van der Waals surface area (Å²) < 4.78 is 0. The minimum Gasteiger partial charge on any atom is -0.323 e. The smallest absolute Gasteiger partial charge is 0.0427 e. The first kappa shape index (κ1) is 17.2. The molecule has 114 valence electrons. The molecule has 0 aliphatic carbocycles. The fraction of sp³-hybridized carbons (Fsp3) is 0.667. The van der Waals surface area contributed by atoms with Crippen LogP contribution in [-0.4, -0.2) is 24.0 Å². The predicted molar refractivity (Wildman–Crippen MR) is 89.1 cm³/mol. The lowest BCUT2D eigenvalue weighted by Crippen LogP contribution is -2.38. The standard InChI is InChI=1S/C18H32N2/c1-6-7-8-11-20(14(2)3)13-18(19)17-12-15(4)9-10-16(17)5/h9-10,12,14,18H,6-8,11,13,19H2,1-5H3. The van der Waals surface area contributed by atoms with Gasteiger partial charge in [-0.25, -0.2) is 0 Å². The zero-order valence-corrected chi connectivity index (χ0v) is 13.9. The molecule has 0 heterocycles. The van der Waals surface area contributed by atoms with Crippen LogP contribution in [0, 0.1) is 13.8 Å². The van der Waals surface area contributed by atoms with E-state index in [1.807, 2.05) is 0 Å². The van der Waals surface area contributed by atoms with Gasteiger partial charge in [0.1, 0.15) is 0 Å². The molecule has 0 saturated heterocycles. The molecule has 2 nitrogen and oxygen atoms in total. The Bertz CT molecular complexity index is 398. The third kappa shape index (κ3) is 5.26. The molecule has 1 unspecified atom stereocenters. The number of aryl methyl sites for hydroxylation is 2. The molecule has 1 aromatic carbocycles. The number of hydrogen-bond donors (Lipinski definition) is 1. The van der Waals surface area contributed by atoms with Crippen LogP contribution in [0.5, 0.6) is 0 Å². The minimum atomic E-state index is 0.110. The highest BCUT2D eigenvalue weighted by Crippen LogP contribution is 2.19. The summed E-state index contributed by atoms with van der Waals surface area (Å²) in [7, 11) is 0. The fourth-order valence-electron chi connectivity index (χ4n) is 2.64. The van der Waals surface area contributed by atoms with Gasteiger partial charge in [0.15, 0.2) is 0 Å². The molecule has 1 aromatic rings. The van der Waals surface area contributed by atoms with E-state index in [1.165, 1.54) is 36.0 Å². The third-order valence-electron chi connectivity index (χ3n) is 4.04. The van der Waals surface area contributed by atoms with Gasteiger partial charge in [-0.15, -0.1) is 0 Å². The van der Waals surface area contributed by atoms with Crippen molar-refractivity contribution >= 4 is 0 Å². The summed E-state index contributed by atoms with van der Waals surface area (Å²) in [6, 6.07) is 7.25. The minimum absolute atomic E-state index is 0.110. The van der Waals surface area contributed by atoms with E-state index in [0.717, 1.165) is 13.1 Å². The van der Waals surface area contributed by atoms with E-state index in [0.29, 0.717) is 6.04 Å². The van der Waals surface area contributed by atoms with Crippen molar-refractivity contribution in [2.75, 3.05) is 13.1 Å². The maximum atomic E-state index is 6.47. The SMILES string of the molecule is CCCCCN(CC(N)c1cc(C)ccc1C)C(C)C. The quantitative estimate of drug-likeness (QED) is 0.721. The maximum absolute atomic E-state index is 6.47. The molecular formula is C18H32N2. The molecule has 0 saturated carbocycles. The number of unbranched alkanes of at least 4 members (excludes halogenated alkanes) is 2.